The van der Waals surface area contributed by atoms with Crippen LogP contribution in [0.25, 0.3) is 0 Å². The third kappa shape index (κ3) is 2.38. The van der Waals surface area contributed by atoms with Crippen LogP contribution in [0.3, 0.4) is 0 Å². The first kappa shape index (κ1) is 11.4. The van der Waals surface area contributed by atoms with E-state index in [9.17, 15) is 9.59 Å². The summed E-state index contributed by atoms with van der Waals surface area (Å²) >= 11 is 0. The molecule has 5 heteroatoms. The number of likely N-dealkylation sites (tertiary alicyclic amines) is 1. The fourth-order valence-electron chi connectivity index (χ4n) is 1.97. The molecule has 1 aromatic rings. The Balaban J connectivity index is 1.96. The number of nitrogens with two attached hydrogens (primary N) is 1. The Kier molecular flexibility index (Phi) is 2.99. The molecule has 1 fully saturated rings. The molecule has 0 atom stereocenters. The number of para-hydroxylation sites is 1. The summed E-state index contributed by atoms with van der Waals surface area (Å²) in [5.41, 5.74) is 6.66. The maximum Gasteiger partial charge on any atom is 0.303 e. The van der Waals surface area contributed by atoms with Crippen LogP contribution in [0.5, 0.6) is 0 Å². The summed E-state index contributed by atoms with van der Waals surface area (Å²) in [5.74, 6) is -0.868. The standard InChI is InChI=1S/C12H14N2O3/c13-10-4-2-1-3-9(10)12(17)14-6-8(7-14)5-11(15)16/h1-4,8H,5-7,13H2,(H,15,16). The number of hydrogen-bond donors (Lipinski definition) is 2. The predicted molar refractivity (Wildman–Crippen MR) is 62.5 cm³/mol. The number of benzene rings is 1. The van der Waals surface area contributed by atoms with Gasteiger partial charge >= 0.3 is 5.97 Å². The van der Waals surface area contributed by atoms with Crippen molar-refractivity contribution in [2.45, 2.75) is 6.42 Å². The molecule has 1 aliphatic heterocycles. The topological polar surface area (TPSA) is 83.6 Å². The number of carboxylic acid groups (broad SMARTS) is 1. The van der Waals surface area contributed by atoms with E-state index < -0.39 is 5.97 Å². The highest BCUT2D eigenvalue weighted by atomic mass is 16.4. The molecule has 0 unspecified atom stereocenters. The van der Waals surface area contributed by atoms with Gasteiger partial charge in [-0.25, -0.2) is 0 Å². The van der Waals surface area contributed by atoms with E-state index >= 15 is 0 Å². The third-order valence-electron chi connectivity index (χ3n) is 2.90. The number of nitrogens with zero attached hydrogens (tertiary/aromatic N) is 1. The second-order valence-corrected chi connectivity index (χ2v) is 4.26. The van der Waals surface area contributed by atoms with Crippen molar-refractivity contribution in [3.63, 3.8) is 0 Å². The number of hydrogen-bond acceptors (Lipinski definition) is 3. The molecular weight excluding hydrogens is 220 g/mol. The molecule has 1 aliphatic rings. The van der Waals surface area contributed by atoms with Crippen molar-refractivity contribution in [3.05, 3.63) is 29.8 Å². The fraction of sp³-hybridized carbons (Fsp3) is 0.333. The van der Waals surface area contributed by atoms with Crippen molar-refractivity contribution in [2.24, 2.45) is 5.92 Å². The van der Waals surface area contributed by atoms with Crippen molar-refractivity contribution in [3.8, 4) is 0 Å². The van der Waals surface area contributed by atoms with Crippen LogP contribution >= 0.6 is 0 Å². The van der Waals surface area contributed by atoms with Gasteiger partial charge in [0, 0.05) is 24.7 Å². The van der Waals surface area contributed by atoms with Gasteiger partial charge < -0.3 is 15.7 Å². The Hall–Kier alpha value is -2.04. The van der Waals surface area contributed by atoms with Crippen LogP contribution < -0.4 is 5.73 Å². The quantitative estimate of drug-likeness (QED) is 0.758. The normalized spacial score (nSPS) is 15.4. The molecule has 0 saturated carbocycles. The van der Waals surface area contributed by atoms with Gasteiger partial charge in [-0.05, 0) is 12.1 Å². The summed E-state index contributed by atoms with van der Waals surface area (Å²) in [6.45, 7) is 0.999. The number of aliphatic carboxylic acids is 1. The summed E-state index contributed by atoms with van der Waals surface area (Å²) in [7, 11) is 0. The first-order valence-corrected chi connectivity index (χ1v) is 5.43. The Morgan fingerprint density at radius 1 is 1.35 bits per heavy atom. The molecule has 0 radical (unpaired) electrons. The lowest BCUT2D eigenvalue weighted by Crippen LogP contribution is -2.50. The lowest BCUT2D eigenvalue weighted by atomic mass is 9.95. The van der Waals surface area contributed by atoms with Gasteiger partial charge in [0.05, 0.1) is 12.0 Å². The lowest BCUT2D eigenvalue weighted by Gasteiger charge is -2.38. The average molecular weight is 234 g/mol. The van der Waals surface area contributed by atoms with E-state index in [4.69, 9.17) is 10.8 Å². The maximum absolute atomic E-state index is 12.0. The van der Waals surface area contributed by atoms with Crippen molar-refractivity contribution >= 4 is 17.6 Å². The second-order valence-electron chi connectivity index (χ2n) is 4.26. The molecule has 1 aromatic carbocycles. The smallest absolute Gasteiger partial charge is 0.303 e. The Labute approximate surface area is 98.8 Å². The summed E-state index contributed by atoms with van der Waals surface area (Å²) in [6.07, 6.45) is 0.119. The van der Waals surface area contributed by atoms with Gasteiger partial charge in [-0.15, -0.1) is 0 Å². The molecule has 3 N–H and O–H groups in total. The van der Waals surface area contributed by atoms with Crippen LogP contribution in [0.2, 0.25) is 0 Å². The number of nitrogen functional groups attached to an aromatic ring is 1. The zero-order valence-electron chi connectivity index (χ0n) is 9.30. The first-order valence-electron chi connectivity index (χ1n) is 5.43. The van der Waals surface area contributed by atoms with Gasteiger partial charge in [-0.3, -0.25) is 9.59 Å². The molecule has 17 heavy (non-hydrogen) atoms. The minimum Gasteiger partial charge on any atom is -0.481 e. The third-order valence-corrected chi connectivity index (χ3v) is 2.90. The van der Waals surface area contributed by atoms with Crippen molar-refractivity contribution in [2.75, 3.05) is 18.8 Å². The lowest BCUT2D eigenvalue weighted by molar-refractivity contribution is -0.139. The van der Waals surface area contributed by atoms with Crippen LogP contribution in [0, 0.1) is 5.92 Å². The van der Waals surface area contributed by atoms with E-state index in [0.29, 0.717) is 24.3 Å². The second kappa shape index (κ2) is 4.45. The van der Waals surface area contributed by atoms with Crippen LogP contribution in [-0.4, -0.2) is 35.0 Å². The SMILES string of the molecule is Nc1ccccc1C(=O)N1CC(CC(=O)O)C1. The highest BCUT2D eigenvalue weighted by Crippen LogP contribution is 2.23. The van der Waals surface area contributed by atoms with Crippen LogP contribution in [0.15, 0.2) is 24.3 Å². The maximum atomic E-state index is 12.0. The number of anilines is 1. The Bertz CT molecular complexity index is 453. The molecule has 0 spiro atoms. The van der Waals surface area contributed by atoms with Gasteiger partial charge in [0.1, 0.15) is 0 Å². The van der Waals surface area contributed by atoms with E-state index in [2.05, 4.69) is 0 Å². The van der Waals surface area contributed by atoms with E-state index in [1.807, 2.05) is 0 Å². The van der Waals surface area contributed by atoms with Crippen molar-refractivity contribution in [1.29, 1.82) is 0 Å². The molecular formula is C12H14N2O3. The Morgan fingerprint density at radius 3 is 2.59 bits per heavy atom. The molecule has 1 saturated heterocycles. The first-order chi connectivity index (χ1) is 8.08. The zero-order chi connectivity index (χ0) is 12.4. The van der Waals surface area contributed by atoms with Gasteiger partial charge in [0.25, 0.3) is 5.91 Å². The number of carbonyl (C=O) groups is 2. The Morgan fingerprint density at radius 2 is 2.00 bits per heavy atom. The van der Waals surface area contributed by atoms with E-state index in [-0.39, 0.29) is 18.2 Å². The van der Waals surface area contributed by atoms with Gasteiger partial charge in [-0.2, -0.15) is 0 Å². The van der Waals surface area contributed by atoms with E-state index in [1.165, 1.54) is 0 Å². The zero-order valence-corrected chi connectivity index (χ0v) is 9.30. The van der Waals surface area contributed by atoms with Gasteiger partial charge in [0.2, 0.25) is 0 Å². The van der Waals surface area contributed by atoms with Crippen LogP contribution in [-0.2, 0) is 4.79 Å². The molecule has 1 amide bonds. The number of carbonyl (C=O) groups excluding carboxylic acids is 1. The molecule has 0 aromatic heterocycles. The molecule has 90 valence electrons. The molecule has 0 bridgehead atoms. The largest absolute Gasteiger partial charge is 0.481 e. The minimum atomic E-state index is -0.818. The highest BCUT2D eigenvalue weighted by Gasteiger charge is 2.32. The molecule has 1 heterocycles. The number of amides is 1. The van der Waals surface area contributed by atoms with Gasteiger partial charge in [0.15, 0.2) is 0 Å². The van der Waals surface area contributed by atoms with E-state index in [1.54, 1.807) is 29.2 Å². The monoisotopic (exact) mass is 234 g/mol. The van der Waals surface area contributed by atoms with Crippen LogP contribution in [0.4, 0.5) is 5.69 Å². The molecule has 2 rings (SSSR count). The van der Waals surface area contributed by atoms with Crippen molar-refractivity contribution < 1.29 is 14.7 Å². The fourth-order valence-corrected chi connectivity index (χ4v) is 1.97. The minimum absolute atomic E-state index is 0.0707. The molecule has 5 nitrogen and oxygen atoms in total. The summed E-state index contributed by atoms with van der Waals surface area (Å²) in [4.78, 5) is 24.1. The molecule has 0 aliphatic carbocycles. The number of rotatable bonds is 3. The van der Waals surface area contributed by atoms with E-state index in [0.717, 1.165) is 0 Å². The summed E-state index contributed by atoms with van der Waals surface area (Å²) in [6, 6.07) is 6.90. The number of carboxylic acids is 1. The van der Waals surface area contributed by atoms with Gasteiger partial charge in [-0.1, -0.05) is 12.1 Å². The van der Waals surface area contributed by atoms with Crippen LogP contribution in [0.1, 0.15) is 16.8 Å². The average Bonchev–Trinajstić information content (AvgIpc) is 2.22. The summed E-state index contributed by atoms with van der Waals surface area (Å²) in [5, 5.41) is 8.61. The highest BCUT2D eigenvalue weighted by molar-refractivity contribution is 5.99. The summed E-state index contributed by atoms with van der Waals surface area (Å²) < 4.78 is 0. The predicted octanol–water partition coefficient (Wildman–Crippen LogP) is 0.815. The van der Waals surface area contributed by atoms with Crippen molar-refractivity contribution in [1.82, 2.24) is 4.90 Å².